The van der Waals surface area contributed by atoms with Gasteiger partial charge in [-0.3, -0.25) is 19.4 Å². The first kappa shape index (κ1) is 28.1. The second-order valence-corrected chi connectivity index (χ2v) is 9.49. The van der Waals surface area contributed by atoms with Gasteiger partial charge in [-0.15, -0.1) is 0 Å². The number of nitrogens with zero attached hydrogens (tertiary/aromatic N) is 3. The van der Waals surface area contributed by atoms with Gasteiger partial charge in [0.25, 0.3) is 5.91 Å². The Morgan fingerprint density at radius 2 is 1.70 bits per heavy atom. The lowest BCUT2D eigenvalue weighted by Gasteiger charge is -2.32. The third kappa shape index (κ3) is 7.53. The van der Waals surface area contributed by atoms with Gasteiger partial charge < -0.3 is 20.3 Å². The van der Waals surface area contributed by atoms with Gasteiger partial charge in [0.05, 0.1) is 25.9 Å². The van der Waals surface area contributed by atoms with Crippen molar-refractivity contribution < 1.29 is 19.1 Å². The molecule has 1 aliphatic heterocycles. The largest absolute Gasteiger partial charge is 0.495 e. The third-order valence-electron chi connectivity index (χ3n) is 6.43. The molecule has 0 fully saturated rings. The number of Topliss-reactive ketones (excluding diaryl/α,β-unsaturated/α-hetero) is 1. The van der Waals surface area contributed by atoms with Crippen LogP contribution in [0.3, 0.4) is 0 Å². The molecule has 0 bridgehead atoms. The molecular weight excluding hydrogens is 470 g/mol. The number of hydrazine groups is 1. The van der Waals surface area contributed by atoms with Crippen LogP contribution in [-0.4, -0.2) is 74.0 Å². The van der Waals surface area contributed by atoms with E-state index in [1.54, 1.807) is 42.1 Å². The second-order valence-electron chi connectivity index (χ2n) is 9.49. The summed E-state index contributed by atoms with van der Waals surface area (Å²) in [6.07, 6.45) is 0.353. The van der Waals surface area contributed by atoms with Crippen molar-refractivity contribution in [3.8, 4) is 5.75 Å². The first-order valence-corrected chi connectivity index (χ1v) is 12.8. The van der Waals surface area contributed by atoms with Crippen LogP contribution in [0.15, 0.2) is 42.5 Å². The highest BCUT2D eigenvalue weighted by atomic mass is 16.5. The van der Waals surface area contributed by atoms with Gasteiger partial charge >= 0.3 is 0 Å². The Labute approximate surface area is 219 Å². The molecule has 3 rings (SSSR count). The van der Waals surface area contributed by atoms with Crippen LogP contribution in [0.25, 0.3) is 0 Å². The number of carbonyl (C=O) groups is 3. The summed E-state index contributed by atoms with van der Waals surface area (Å²) in [5, 5.41) is 9.77. The van der Waals surface area contributed by atoms with E-state index in [1.807, 2.05) is 31.0 Å². The molecule has 2 amide bonds. The van der Waals surface area contributed by atoms with Crippen molar-refractivity contribution in [2.45, 2.75) is 46.3 Å². The van der Waals surface area contributed by atoms with Gasteiger partial charge in [0.15, 0.2) is 5.78 Å². The minimum atomic E-state index is -0.219. The van der Waals surface area contributed by atoms with Gasteiger partial charge in [0.2, 0.25) is 5.91 Å². The highest BCUT2D eigenvalue weighted by Crippen LogP contribution is 2.30. The van der Waals surface area contributed by atoms with Crippen LogP contribution in [0.5, 0.6) is 5.75 Å². The molecule has 2 N–H and O–H groups in total. The van der Waals surface area contributed by atoms with Crippen molar-refractivity contribution in [2.75, 3.05) is 45.2 Å². The predicted molar refractivity (Wildman–Crippen MR) is 144 cm³/mol. The average molecular weight is 510 g/mol. The Hall–Kier alpha value is -3.43. The molecule has 0 spiro atoms. The maximum absolute atomic E-state index is 13.4. The number of fused-ring (bicyclic) bond motifs is 1. The molecule has 0 saturated heterocycles. The standard InChI is InChI=1S/C28H39N5O4/c1-6-25(34)21-11-12-26(37-5)24(15-21)32(18-27(35)30-14-13-29-20(2)3)19-28(36)31(4)33-16-22-9-7-8-10-23(22)17-33/h7-12,15,20,29H,6,13-14,16-19H2,1-5H3,(H,30,35). The molecule has 0 aromatic heterocycles. The zero-order valence-electron chi connectivity index (χ0n) is 22.5. The summed E-state index contributed by atoms with van der Waals surface area (Å²) in [5.74, 6) is 0.0810. The van der Waals surface area contributed by atoms with E-state index in [0.717, 1.165) is 0 Å². The topological polar surface area (TPSA) is 94.2 Å². The number of benzene rings is 2. The molecule has 200 valence electrons. The summed E-state index contributed by atoms with van der Waals surface area (Å²) >= 11 is 0. The SMILES string of the molecule is CCC(=O)c1ccc(OC)c(N(CC(=O)NCCNC(C)C)CC(=O)N(C)N2Cc3ccccc3C2)c1. The van der Waals surface area contributed by atoms with Crippen molar-refractivity contribution >= 4 is 23.3 Å². The lowest BCUT2D eigenvalue weighted by molar-refractivity contribution is -0.145. The first-order chi connectivity index (χ1) is 17.7. The van der Waals surface area contributed by atoms with E-state index < -0.39 is 0 Å². The summed E-state index contributed by atoms with van der Waals surface area (Å²) < 4.78 is 5.56. The van der Waals surface area contributed by atoms with Crippen LogP contribution in [0.2, 0.25) is 0 Å². The molecule has 37 heavy (non-hydrogen) atoms. The number of rotatable bonds is 13. The molecule has 1 aliphatic rings. The summed E-state index contributed by atoms with van der Waals surface area (Å²) in [6.45, 7) is 8.18. The molecule has 1 heterocycles. The van der Waals surface area contributed by atoms with Crippen molar-refractivity contribution in [1.82, 2.24) is 20.7 Å². The number of carbonyl (C=O) groups excluding carboxylic acids is 3. The predicted octanol–water partition coefficient (Wildman–Crippen LogP) is 2.60. The van der Waals surface area contributed by atoms with Crippen LogP contribution in [0, 0.1) is 0 Å². The highest BCUT2D eigenvalue weighted by Gasteiger charge is 2.27. The quantitative estimate of drug-likeness (QED) is 0.317. The Kier molecular flexibility index (Phi) is 10.0. The van der Waals surface area contributed by atoms with Crippen LogP contribution >= 0.6 is 0 Å². The minimum absolute atomic E-state index is 0.0219. The van der Waals surface area contributed by atoms with E-state index in [-0.39, 0.29) is 30.7 Å². The fraction of sp³-hybridized carbons (Fsp3) is 0.464. The molecule has 0 unspecified atom stereocenters. The normalized spacial score (nSPS) is 12.8. The van der Waals surface area contributed by atoms with E-state index in [2.05, 4.69) is 22.8 Å². The summed E-state index contributed by atoms with van der Waals surface area (Å²) in [7, 11) is 3.28. The van der Waals surface area contributed by atoms with E-state index in [4.69, 9.17) is 4.74 Å². The lowest BCUT2D eigenvalue weighted by atomic mass is 10.1. The van der Waals surface area contributed by atoms with Crippen LogP contribution in [0.4, 0.5) is 5.69 Å². The average Bonchev–Trinajstić information content (AvgIpc) is 3.33. The van der Waals surface area contributed by atoms with E-state index in [1.165, 1.54) is 18.2 Å². The Morgan fingerprint density at radius 1 is 1.03 bits per heavy atom. The number of ether oxygens (including phenoxy) is 1. The first-order valence-electron chi connectivity index (χ1n) is 12.8. The molecule has 9 nitrogen and oxygen atoms in total. The molecule has 0 aliphatic carbocycles. The number of likely N-dealkylation sites (N-methyl/N-ethyl adjacent to an activating group) is 1. The number of anilines is 1. The third-order valence-corrected chi connectivity index (χ3v) is 6.43. The number of hydrogen-bond donors (Lipinski definition) is 2. The molecule has 0 atom stereocenters. The zero-order valence-corrected chi connectivity index (χ0v) is 22.5. The van der Waals surface area contributed by atoms with Gasteiger partial charge in [0, 0.05) is 51.3 Å². The van der Waals surface area contributed by atoms with Gasteiger partial charge in [-0.25, -0.2) is 5.01 Å². The molecule has 0 saturated carbocycles. The highest BCUT2D eigenvalue weighted by molar-refractivity contribution is 5.97. The molecule has 2 aromatic carbocycles. The van der Waals surface area contributed by atoms with Crippen LogP contribution in [-0.2, 0) is 22.7 Å². The summed E-state index contributed by atoms with van der Waals surface area (Å²) in [6, 6.07) is 13.6. The number of hydrogen-bond acceptors (Lipinski definition) is 7. The van der Waals surface area contributed by atoms with Crippen molar-refractivity contribution in [1.29, 1.82) is 0 Å². The van der Waals surface area contributed by atoms with Crippen molar-refractivity contribution in [2.24, 2.45) is 0 Å². The Bertz CT molecular complexity index is 1080. The molecular formula is C28H39N5O4. The van der Waals surface area contributed by atoms with Crippen LogP contribution < -0.4 is 20.3 Å². The number of methoxy groups -OCH3 is 1. The maximum atomic E-state index is 13.4. The second kappa shape index (κ2) is 13.2. The fourth-order valence-electron chi connectivity index (χ4n) is 4.28. The number of ketones is 1. The van der Waals surface area contributed by atoms with Crippen LogP contribution in [0.1, 0.15) is 48.7 Å². The monoisotopic (exact) mass is 509 g/mol. The minimum Gasteiger partial charge on any atom is -0.495 e. The lowest BCUT2D eigenvalue weighted by Crippen LogP contribution is -2.48. The number of amides is 2. The summed E-state index contributed by atoms with van der Waals surface area (Å²) in [4.78, 5) is 40.4. The fourth-order valence-corrected chi connectivity index (χ4v) is 4.28. The zero-order chi connectivity index (χ0) is 26.9. The molecule has 0 radical (unpaired) electrons. The molecule has 2 aromatic rings. The Balaban J connectivity index is 1.79. The number of nitrogens with one attached hydrogen (secondary N) is 2. The van der Waals surface area contributed by atoms with Crippen molar-refractivity contribution in [3.63, 3.8) is 0 Å². The van der Waals surface area contributed by atoms with Gasteiger partial charge in [0.1, 0.15) is 5.75 Å². The van der Waals surface area contributed by atoms with Gasteiger partial charge in [-0.05, 0) is 29.3 Å². The van der Waals surface area contributed by atoms with Crippen molar-refractivity contribution in [3.05, 3.63) is 59.2 Å². The van der Waals surface area contributed by atoms with Gasteiger partial charge in [-0.2, -0.15) is 0 Å². The summed E-state index contributed by atoms with van der Waals surface area (Å²) in [5.41, 5.74) is 3.44. The smallest absolute Gasteiger partial charge is 0.256 e. The Morgan fingerprint density at radius 3 is 2.30 bits per heavy atom. The van der Waals surface area contributed by atoms with E-state index >= 15 is 0 Å². The van der Waals surface area contributed by atoms with E-state index in [9.17, 15) is 14.4 Å². The molecule has 9 heteroatoms. The van der Waals surface area contributed by atoms with E-state index in [0.29, 0.717) is 55.6 Å². The maximum Gasteiger partial charge on any atom is 0.256 e. The van der Waals surface area contributed by atoms with Gasteiger partial charge in [-0.1, -0.05) is 45.0 Å².